The van der Waals surface area contributed by atoms with Gasteiger partial charge in [0.1, 0.15) is 11.1 Å². The van der Waals surface area contributed by atoms with Crippen LogP contribution in [0.5, 0.6) is 0 Å². The molecule has 0 saturated heterocycles. The van der Waals surface area contributed by atoms with Crippen LogP contribution in [-0.2, 0) is 0 Å². The summed E-state index contributed by atoms with van der Waals surface area (Å²) in [5.41, 5.74) is 6.52. The quantitative estimate of drug-likeness (QED) is 0.280. The van der Waals surface area contributed by atoms with E-state index in [1.54, 1.807) is 0 Å². The minimum atomic E-state index is -0.356. The molecule has 2 fully saturated rings. The molecule has 0 aliphatic heterocycles. The van der Waals surface area contributed by atoms with Crippen molar-refractivity contribution in [3.05, 3.63) is 72.8 Å². The minimum absolute atomic E-state index is 0.356. The molecule has 0 unspecified atom stereocenters. The smallest absolute Gasteiger partial charge is 0.114 e. The normalized spacial score (nSPS) is 18.0. The van der Waals surface area contributed by atoms with Crippen LogP contribution < -0.4 is 5.44 Å². The van der Waals surface area contributed by atoms with Crippen LogP contribution in [0.3, 0.4) is 0 Å². The van der Waals surface area contributed by atoms with E-state index in [0.29, 0.717) is 0 Å². The van der Waals surface area contributed by atoms with Crippen molar-refractivity contribution in [2.24, 2.45) is 0 Å². The Balaban J connectivity index is 1.57. The molecule has 34 heavy (non-hydrogen) atoms. The fraction of sp³-hybridized carbons (Fsp3) is 0.400. The van der Waals surface area contributed by atoms with Crippen molar-refractivity contribution in [3.8, 4) is 16.9 Å². The predicted octanol–water partition coefficient (Wildman–Crippen LogP) is 7.86. The molecule has 4 aromatic rings. The van der Waals surface area contributed by atoms with E-state index < -0.39 is 0 Å². The van der Waals surface area contributed by atoms with Gasteiger partial charge in [-0.25, -0.2) is 4.68 Å². The highest BCUT2D eigenvalue weighted by atomic mass is 31.1. The molecular weight excluding hydrogens is 433 g/mol. The first-order valence-electron chi connectivity index (χ1n) is 13.2. The van der Waals surface area contributed by atoms with Gasteiger partial charge in [-0.05, 0) is 67.8 Å². The molecular formula is C30H34N3P. The van der Waals surface area contributed by atoms with Gasteiger partial charge in [-0.15, -0.1) is 5.10 Å². The standard InChI is InChI=1S/C30H34N3P/c1-4-15-24(16-5-1)33-29(28-22-12-14-23-13-10-11-21-27(23)28)30(31-32-33)34(25-17-6-2-7-18-25)26-19-8-3-9-20-26/h1,4-5,10-16,21-22,25-26H,2-3,6-9,17-20H2. The number of para-hydroxylation sites is 1. The lowest BCUT2D eigenvalue weighted by Gasteiger charge is -2.37. The van der Waals surface area contributed by atoms with E-state index in [-0.39, 0.29) is 7.92 Å². The molecule has 174 valence electrons. The molecule has 0 N–H and O–H groups in total. The van der Waals surface area contributed by atoms with E-state index in [9.17, 15) is 0 Å². The second-order valence-electron chi connectivity index (χ2n) is 10.0. The van der Waals surface area contributed by atoms with Gasteiger partial charge in [-0.3, -0.25) is 0 Å². The number of rotatable bonds is 5. The number of hydrogen-bond acceptors (Lipinski definition) is 2. The summed E-state index contributed by atoms with van der Waals surface area (Å²) in [6.07, 6.45) is 13.8. The Morgan fingerprint density at radius 1 is 0.647 bits per heavy atom. The Kier molecular flexibility index (Phi) is 6.47. The monoisotopic (exact) mass is 467 g/mol. The van der Waals surface area contributed by atoms with Crippen LogP contribution >= 0.6 is 7.92 Å². The SMILES string of the molecule is c1ccc(-n2nnc(P(C3CCCCC3)C3CCCCC3)c2-c2cccc3ccccc23)cc1. The Hall–Kier alpha value is -2.51. The van der Waals surface area contributed by atoms with Crippen molar-refractivity contribution in [3.63, 3.8) is 0 Å². The van der Waals surface area contributed by atoms with Crippen LogP contribution in [0.4, 0.5) is 0 Å². The molecule has 0 atom stereocenters. The summed E-state index contributed by atoms with van der Waals surface area (Å²) < 4.78 is 2.14. The second kappa shape index (κ2) is 10.0. The van der Waals surface area contributed by atoms with Crippen LogP contribution in [0.25, 0.3) is 27.7 Å². The third-order valence-electron chi connectivity index (χ3n) is 7.88. The van der Waals surface area contributed by atoms with Crippen molar-refractivity contribution in [2.75, 3.05) is 0 Å². The lowest BCUT2D eigenvalue weighted by atomic mass is 9.99. The van der Waals surface area contributed by atoms with E-state index in [0.717, 1.165) is 17.0 Å². The summed E-state index contributed by atoms with van der Waals surface area (Å²) in [5, 5.41) is 12.5. The maximum atomic E-state index is 5.07. The van der Waals surface area contributed by atoms with E-state index in [4.69, 9.17) is 10.3 Å². The van der Waals surface area contributed by atoms with Crippen molar-refractivity contribution in [1.82, 2.24) is 15.0 Å². The van der Waals surface area contributed by atoms with Gasteiger partial charge in [0.2, 0.25) is 0 Å². The molecule has 2 aliphatic rings. The first-order valence-corrected chi connectivity index (χ1v) is 14.7. The summed E-state index contributed by atoms with van der Waals surface area (Å²) in [7, 11) is -0.356. The van der Waals surface area contributed by atoms with Crippen molar-refractivity contribution < 1.29 is 0 Å². The van der Waals surface area contributed by atoms with E-state index in [1.165, 1.54) is 91.7 Å². The largest absolute Gasteiger partial charge is 0.212 e. The molecule has 1 aromatic heterocycles. The van der Waals surface area contributed by atoms with Crippen molar-refractivity contribution in [1.29, 1.82) is 0 Å². The minimum Gasteiger partial charge on any atom is -0.212 e. The molecule has 4 heteroatoms. The summed E-state index contributed by atoms with van der Waals surface area (Å²) in [4.78, 5) is 0. The topological polar surface area (TPSA) is 30.7 Å². The van der Waals surface area contributed by atoms with Gasteiger partial charge in [0.05, 0.1) is 5.69 Å². The average Bonchev–Trinajstić information content (AvgIpc) is 3.34. The van der Waals surface area contributed by atoms with Crippen LogP contribution in [0.15, 0.2) is 72.8 Å². The zero-order chi connectivity index (χ0) is 22.7. The van der Waals surface area contributed by atoms with Gasteiger partial charge in [0.25, 0.3) is 0 Å². The molecule has 2 saturated carbocycles. The van der Waals surface area contributed by atoms with Crippen LogP contribution in [0, 0.1) is 0 Å². The summed E-state index contributed by atoms with van der Waals surface area (Å²) >= 11 is 0. The molecule has 3 nitrogen and oxygen atoms in total. The number of benzene rings is 3. The van der Waals surface area contributed by atoms with Crippen molar-refractivity contribution >= 4 is 24.1 Å². The molecule has 1 heterocycles. The number of nitrogens with zero attached hydrogens (tertiary/aromatic N) is 3. The lowest BCUT2D eigenvalue weighted by molar-refractivity contribution is 0.486. The highest BCUT2D eigenvalue weighted by Crippen LogP contribution is 2.56. The fourth-order valence-corrected chi connectivity index (χ4v) is 9.96. The van der Waals surface area contributed by atoms with Gasteiger partial charge >= 0.3 is 0 Å². The maximum absolute atomic E-state index is 5.07. The Labute approximate surface area is 204 Å². The van der Waals surface area contributed by atoms with E-state index >= 15 is 0 Å². The van der Waals surface area contributed by atoms with Crippen LogP contribution in [0.2, 0.25) is 0 Å². The zero-order valence-electron chi connectivity index (χ0n) is 19.9. The third-order valence-corrected chi connectivity index (χ3v) is 11.3. The predicted molar refractivity (Wildman–Crippen MR) is 145 cm³/mol. The Bertz CT molecular complexity index is 1210. The van der Waals surface area contributed by atoms with Gasteiger partial charge in [0.15, 0.2) is 0 Å². The number of fused-ring (bicyclic) bond motifs is 1. The van der Waals surface area contributed by atoms with Crippen LogP contribution in [0.1, 0.15) is 64.2 Å². The van der Waals surface area contributed by atoms with Crippen molar-refractivity contribution in [2.45, 2.75) is 75.5 Å². The van der Waals surface area contributed by atoms with Gasteiger partial charge in [-0.1, -0.05) is 104 Å². The summed E-state index contributed by atoms with van der Waals surface area (Å²) in [6.45, 7) is 0. The number of aromatic nitrogens is 3. The molecule has 0 spiro atoms. The maximum Gasteiger partial charge on any atom is 0.114 e. The average molecular weight is 468 g/mol. The molecule has 6 rings (SSSR count). The van der Waals surface area contributed by atoms with E-state index in [2.05, 4.69) is 77.5 Å². The van der Waals surface area contributed by atoms with E-state index in [1.807, 2.05) is 0 Å². The second-order valence-corrected chi connectivity index (χ2v) is 12.7. The number of hydrogen-bond donors (Lipinski definition) is 0. The fourth-order valence-electron chi connectivity index (χ4n) is 6.23. The molecule has 0 amide bonds. The first-order chi connectivity index (χ1) is 16.9. The molecule has 3 aromatic carbocycles. The molecule has 0 radical (unpaired) electrons. The van der Waals surface area contributed by atoms with Gasteiger partial charge in [0, 0.05) is 5.56 Å². The Morgan fingerprint density at radius 2 is 1.26 bits per heavy atom. The van der Waals surface area contributed by atoms with Crippen LogP contribution in [-0.4, -0.2) is 26.3 Å². The van der Waals surface area contributed by atoms with Gasteiger partial charge < -0.3 is 0 Å². The first kappa shape index (κ1) is 22.0. The molecule has 0 bridgehead atoms. The highest BCUT2D eigenvalue weighted by molar-refractivity contribution is 7.67. The molecule has 2 aliphatic carbocycles. The zero-order valence-corrected chi connectivity index (χ0v) is 20.8. The Morgan fingerprint density at radius 3 is 1.97 bits per heavy atom. The summed E-state index contributed by atoms with van der Waals surface area (Å²) in [6, 6.07) is 26.1. The summed E-state index contributed by atoms with van der Waals surface area (Å²) in [5.74, 6) is 0. The third kappa shape index (κ3) is 4.20. The lowest BCUT2D eigenvalue weighted by Crippen LogP contribution is -2.28. The van der Waals surface area contributed by atoms with Gasteiger partial charge in [-0.2, -0.15) is 0 Å². The highest BCUT2D eigenvalue weighted by Gasteiger charge is 2.37.